The van der Waals surface area contributed by atoms with Gasteiger partial charge in [0.15, 0.2) is 0 Å². The molecule has 1 aromatic carbocycles. The van der Waals surface area contributed by atoms with E-state index < -0.39 is 5.97 Å². The first-order chi connectivity index (χ1) is 5.11. The minimum absolute atomic E-state index is 0. The van der Waals surface area contributed by atoms with Gasteiger partial charge in [-0.05, 0) is 18.2 Å². The third-order valence-corrected chi connectivity index (χ3v) is 1.21. The van der Waals surface area contributed by atoms with Crippen LogP contribution in [0, 0.1) is 0 Å². The SMILES string of the molecule is O=C(O)c1cc(O)ccc1O.[H-].[H-].[Mg+2]. The summed E-state index contributed by atoms with van der Waals surface area (Å²) in [6.07, 6.45) is 0. The van der Waals surface area contributed by atoms with Crippen molar-refractivity contribution in [2.75, 3.05) is 0 Å². The second kappa shape index (κ2) is 4.17. The third kappa shape index (κ3) is 2.28. The van der Waals surface area contributed by atoms with Gasteiger partial charge in [0.2, 0.25) is 0 Å². The Kier molecular flexibility index (Phi) is 3.85. The van der Waals surface area contributed by atoms with E-state index in [0.29, 0.717) is 0 Å². The molecular formula is C7H8MgO4. The van der Waals surface area contributed by atoms with Gasteiger partial charge in [-0.3, -0.25) is 0 Å². The van der Waals surface area contributed by atoms with Crippen LogP contribution in [0.2, 0.25) is 0 Å². The second-order valence-corrected chi connectivity index (χ2v) is 2.01. The Morgan fingerprint density at radius 1 is 1.33 bits per heavy atom. The van der Waals surface area contributed by atoms with Crippen molar-refractivity contribution in [1.29, 1.82) is 0 Å². The first kappa shape index (κ1) is 11.1. The number of phenols is 2. The topological polar surface area (TPSA) is 77.8 Å². The molecule has 1 rings (SSSR count). The summed E-state index contributed by atoms with van der Waals surface area (Å²) < 4.78 is 0. The molecule has 5 heteroatoms. The van der Waals surface area contributed by atoms with Gasteiger partial charge in [0.1, 0.15) is 17.1 Å². The van der Waals surface area contributed by atoms with Crippen LogP contribution in [0.15, 0.2) is 18.2 Å². The normalized spacial score (nSPS) is 8.67. The molecule has 0 spiro atoms. The summed E-state index contributed by atoms with van der Waals surface area (Å²) in [5, 5.41) is 26.1. The number of aromatic hydroxyl groups is 2. The van der Waals surface area contributed by atoms with Gasteiger partial charge in [-0.1, -0.05) is 0 Å². The molecule has 0 unspecified atom stereocenters. The summed E-state index contributed by atoms with van der Waals surface area (Å²) in [7, 11) is 0. The molecular weight excluding hydrogens is 172 g/mol. The molecule has 0 atom stereocenters. The van der Waals surface area contributed by atoms with Crippen LogP contribution < -0.4 is 0 Å². The molecule has 1 aromatic rings. The Balaban J connectivity index is -0.000000403. The minimum Gasteiger partial charge on any atom is -1.00 e. The van der Waals surface area contributed by atoms with Crippen molar-refractivity contribution in [3.05, 3.63) is 23.8 Å². The molecule has 4 nitrogen and oxygen atoms in total. The molecule has 0 aliphatic carbocycles. The molecule has 0 heterocycles. The van der Waals surface area contributed by atoms with Gasteiger partial charge in [0.05, 0.1) is 0 Å². The van der Waals surface area contributed by atoms with Crippen molar-refractivity contribution in [3.8, 4) is 11.5 Å². The molecule has 0 saturated carbocycles. The molecule has 0 aliphatic rings. The van der Waals surface area contributed by atoms with E-state index in [2.05, 4.69) is 0 Å². The number of carboxylic acids is 1. The Hall–Kier alpha value is -0.944. The first-order valence-electron chi connectivity index (χ1n) is 2.86. The van der Waals surface area contributed by atoms with E-state index in [1.165, 1.54) is 6.07 Å². The molecule has 0 bridgehead atoms. The Morgan fingerprint density at radius 3 is 2.33 bits per heavy atom. The summed E-state index contributed by atoms with van der Waals surface area (Å²) in [6.45, 7) is 0. The van der Waals surface area contributed by atoms with E-state index >= 15 is 0 Å². The minimum atomic E-state index is -1.27. The third-order valence-electron chi connectivity index (χ3n) is 1.21. The van der Waals surface area contributed by atoms with Crippen molar-refractivity contribution >= 4 is 29.0 Å². The fourth-order valence-electron chi connectivity index (χ4n) is 0.695. The zero-order chi connectivity index (χ0) is 8.43. The summed E-state index contributed by atoms with van der Waals surface area (Å²) in [6, 6.07) is 3.32. The molecule has 0 radical (unpaired) electrons. The monoisotopic (exact) mass is 180 g/mol. The van der Waals surface area contributed by atoms with Crippen molar-refractivity contribution in [2.24, 2.45) is 0 Å². The van der Waals surface area contributed by atoms with Crippen LogP contribution in [0.25, 0.3) is 0 Å². The predicted octanol–water partition coefficient (Wildman–Crippen LogP) is 0.640. The van der Waals surface area contributed by atoms with Crippen molar-refractivity contribution in [1.82, 2.24) is 0 Å². The number of carbonyl (C=O) groups is 1. The van der Waals surface area contributed by atoms with E-state index in [4.69, 9.17) is 15.3 Å². The van der Waals surface area contributed by atoms with Crippen molar-refractivity contribution < 1.29 is 23.0 Å². The number of benzene rings is 1. The second-order valence-electron chi connectivity index (χ2n) is 2.01. The fourth-order valence-corrected chi connectivity index (χ4v) is 0.695. The molecule has 12 heavy (non-hydrogen) atoms. The summed E-state index contributed by atoms with van der Waals surface area (Å²) in [4.78, 5) is 10.3. The predicted molar refractivity (Wildman–Crippen MR) is 44.7 cm³/mol. The molecule has 62 valence electrons. The van der Waals surface area contributed by atoms with Crippen LogP contribution in [-0.4, -0.2) is 44.3 Å². The van der Waals surface area contributed by atoms with Gasteiger partial charge in [0, 0.05) is 0 Å². The maximum Gasteiger partial charge on any atom is 2.00 e. The van der Waals surface area contributed by atoms with E-state index in [1.54, 1.807) is 0 Å². The zero-order valence-corrected chi connectivity index (χ0v) is 7.60. The Bertz CT molecular complexity index is 306. The molecule has 0 aliphatic heterocycles. The average Bonchev–Trinajstić information content (AvgIpc) is 1.94. The maximum atomic E-state index is 10.3. The van der Waals surface area contributed by atoms with Gasteiger partial charge < -0.3 is 18.2 Å². The van der Waals surface area contributed by atoms with E-state index in [0.717, 1.165) is 12.1 Å². The van der Waals surface area contributed by atoms with Crippen LogP contribution in [0.4, 0.5) is 0 Å². The molecule has 0 fully saturated rings. The first-order valence-corrected chi connectivity index (χ1v) is 2.86. The molecule has 0 aromatic heterocycles. The van der Waals surface area contributed by atoms with Crippen LogP contribution in [0.3, 0.4) is 0 Å². The van der Waals surface area contributed by atoms with Crippen LogP contribution in [-0.2, 0) is 0 Å². The quantitative estimate of drug-likeness (QED) is 0.438. The Labute approximate surface area is 87.6 Å². The number of rotatable bonds is 1. The van der Waals surface area contributed by atoms with E-state index in [1.807, 2.05) is 0 Å². The maximum absolute atomic E-state index is 10.3. The number of hydrogen-bond donors (Lipinski definition) is 3. The van der Waals surface area contributed by atoms with Gasteiger partial charge >= 0.3 is 29.0 Å². The smallest absolute Gasteiger partial charge is 1.00 e. The summed E-state index contributed by atoms with van der Waals surface area (Å²) in [5.74, 6) is -1.80. The van der Waals surface area contributed by atoms with Gasteiger partial charge in [0.25, 0.3) is 0 Å². The number of aromatic carboxylic acids is 1. The van der Waals surface area contributed by atoms with Gasteiger partial charge in [-0.2, -0.15) is 0 Å². The number of hydrogen-bond acceptors (Lipinski definition) is 3. The van der Waals surface area contributed by atoms with Crippen LogP contribution >= 0.6 is 0 Å². The van der Waals surface area contributed by atoms with Crippen molar-refractivity contribution in [3.63, 3.8) is 0 Å². The van der Waals surface area contributed by atoms with Crippen LogP contribution in [0.1, 0.15) is 13.2 Å². The zero-order valence-electron chi connectivity index (χ0n) is 8.19. The molecule has 3 N–H and O–H groups in total. The fraction of sp³-hybridized carbons (Fsp3) is 0. The standard InChI is InChI=1S/C7H6O4.Mg.2H/c8-4-1-2-6(9)5(3-4)7(10)11;;;/h1-3,8-9H,(H,10,11);;;/q;+2;2*-1. The van der Waals surface area contributed by atoms with E-state index in [-0.39, 0.29) is 43.0 Å². The van der Waals surface area contributed by atoms with E-state index in [9.17, 15) is 4.79 Å². The number of carboxylic acid groups (broad SMARTS) is 1. The van der Waals surface area contributed by atoms with Gasteiger partial charge in [-0.15, -0.1) is 0 Å². The molecule has 0 amide bonds. The summed E-state index contributed by atoms with van der Waals surface area (Å²) >= 11 is 0. The molecule has 0 saturated heterocycles. The average molecular weight is 180 g/mol. The number of phenolic OH excluding ortho intramolecular Hbond substituents is 1. The van der Waals surface area contributed by atoms with Gasteiger partial charge in [-0.25, -0.2) is 4.79 Å². The van der Waals surface area contributed by atoms with Crippen molar-refractivity contribution in [2.45, 2.75) is 0 Å². The largest absolute Gasteiger partial charge is 2.00 e. The summed E-state index contributed by atoms with van der Waals surface area (Å²) in [5.41, 5.74) is -0.301. The Morgan fingerprint density at radius 2 is 1.92 bits per heavy atom. The van der Waals surface area contributed by atoms with Crippen LogP contribution in [0.5, 0.6) is 11.5 Å².